The van der Waals surface area contributed by atoms with E-state index in [1.165, 1.54) is 0 Å². The molecule has 7 heteroatoms. The number of amides is 1. The summed E-state index contributed by atoms with van der Waals surface area (Å²) < 4.78 is 16.8. The summed E-state index contributed by atoms with van der Waals surface area (Å²) in [4.78, 5) is 18.1. The Morgan fingerprint density at radius 2 is 2.08 bits per heavy atom. The third-order valence-electron chi connectivity index (χ3n) is 3.74. The lowest BCUT2D eigenvalue weighted by Gasteiger charge is -2.32. The number of carbonyl (C=O) groups excluding carboxylic acids is 1. The van der Waals surface area contributed by atoms with Gasteiger partial charge < -0.3 is 19.1 Å². The molecule has 0 saturated carbocycles. The van der Waals surface area contributed by atoms with Gasteiger partial charge in [0.25, 0.3) is 5.91 Å². The second kappa shape index (κ2) is 8.69. The molecule has 1 aromatic heterocycles. The minimum atomic E-state index is -0.173. The number of nitrogens with zero attached hydrogens (tertiary/aromatic N) is 2. The highest BCUT2D eigenvalue weighted by molar-refractivity contribution is 6.30. The minimum Gasteiger partial charge on any atom is -0.489 e. The van der Waals surface area contributed by atoms with Gasteiger partial charge in [-0.15, -0.1) is 0 Å². The molecule has 0 spiro atoms. The fourth-order valence-corrected chi connectivity index (χ4v) is 2.56. The Hall–Kier alpha value is -2.31. The average Bonchev–Trinajstić information content (AvgIpc) is 2.67. The lowest BCUT2D eigenvalue weighted by molar-refractivity contribution is -0.142. The van der Waals surface area contributed by atoms with Crippen molar-refractivity contribution >= 4 is 17.5 Å². The van der Waals surface area contributed by atoms with Gasteiger partial charge in [0.1, 0.15) is 24.2 Å². The van der Waals surface area contributed by atoms with E-state index in [0.717, 1.165) is 0 Å². The highest BCUT2D eigenvalue weighted by Gasteiger charge is 2.25. The van der Waals surface area contributed by atoms with Crippen LogP contribution < -0.4 is 9.47 Å². The smallest absolute Gasteiger partial charge is 0.260 e. The van der Waals surface area contributed by atoms with Crippen molar-refractivity contribution in [2.45, 2.75) is 6.10 Å². The molecular weight excluding hydrogens is 344 g/mol. The molecule has 3 rings (SSSR count). The summed E-state index contributed by atoms with van der Waals surface area (Å²) in [7, 11) is 0. The molecule has 1 atom stereocenters. The molecule has 0 radical (unpaired) electrons. The predicted octanol–water partition coefficient (Wildman–Crippen LogP) is 2.42. The Morgan fingerprint density at radius 1 is 1.24 bits per heavy atom. The molecule has 1 saturated heterocycles. The zero-order valence-corrected chi connectivity index (χ0v) is 14.4. The lowest BCUT2D eigenvalue weighted by atomic mass is 10.3. The van der Waals surface area contributed by atoms with E-state index in [1.807, 2.05) is 6.07 Å². The van der Waals surface area contributed by atoms with Crippen molar-refractivity contribution in [2.75, 3.05) is 32.9 Å². The summed E-state index contributed by atoms with van der Waals surface area (Å²) in [6, 6.07) is 10.6. The largest absolute Gasteiger partial charge is 0.489 e. The Labute approximate surface area is 151 Å². The first-order valence-electron chi connectivity index (χ1n) is 8.01. The monoisotopic (exact) mass is 362 g/mol. The lowest BCUT2D eigenvalue weighted by Crippen LogP contribution is -2.49. The second-order valence-corrected chi connectivity index (χ2v) is 6.01. The maximum Gasteiger partial charge on any atom is 0.260 e. The maximum absolute atomic E-state index is 12.3. The molecule has 1 unspecified atom stereocenters. The van der Waals surface area contributed by atoms with Crippen molar-refractivity contribution in [3.63, 3.8) is 0 Å². The normalized spacial score (nSPS) is 17.2. The number of carbonyl (C=O) groups is 1. The van der Waals surface area contributed by atoms with Crippen molar-refractivity contribution in [3.05, 3.63) is 53.8 Å². The molecule has 1 fully saturated rings. The van der Waals surface area contributed by atoms with Gasteiger partial charge in [0.2, 0.25) is 0 Å². The van der Waals surface area contributed by atoms with Crippen LogP contribution in [0.2, 0.25) is 5.02 Å². The van der Waals surface area contributed by atoms with Crippen LogP contribution in [0, 0.1) is 0 Å². The molecule has 1 aromatic carbocycles. The van der Waals surface area contributed by atoms with Gasteiger partial charge in [0.05, 0.1) is 19.3 Å². The predicted molar refractivity (Wildman–Crippen MR) is 93.0 cm³/mol. The van der Waals surface area contributed by atoms with Crippen LogP contribution in [0.5, 0.6) is 11.5 Å². The van der Waals surface area contributed by atoms with Gasteiger partial charge in [0, 0.05) is 17.8 Å². The highest BCUT2D eigenvalue weighted by atomic mass is 35.5. The Morgan fingerprint density at radius 3 is 2.84 bits per heavy atom. The van der Waals surface area contributed by atoms with Gasteiger partial charge in [-0.2, -0.15) is 0 Å². The topological polar surface area (TPSA) is 60.9 Å². The van der Waals surface area contributed by atoms with Crippen LogP contribution in [0.25, 0.3) is 0 Å². The molecule has 2 heterocycles. The summed E-state index contributed by atoms with van der Waals surface area (Å²) in [6.45, 7) is 1.86. The number of pyridine rings is 1. The van der Waals surface area contributed by atoms with Gasteiger partial charge >= 0.3 is 0 Å². The zero-order chi connectivity index (χ0) is 17.5. The molecule has 0 bridgehead atoms. The minimum absolute atomic E-state index is 0.0161. The number of rotatable bonds is 6. The Balaban J connectivity index is 1.45. The highest BCUT2D eigenvalue weighted by Crippen LogP contribution is 2.16. The van der Waals surface area contributed by atoms with Crippen molar-refractivity contribution in [2.24, 2.45) is 0 Å². The van der Waals surface area contributed by atoms with Crippen LogP contribution in [0.4, 0.5) is 0 Å². The number of hydrogen-bond donors (Lipinski definition) is 0. The number of benzene rings is 1. The summed E-state index contributed by atoms with van der Waals surface area (Å²) in [5, 5.41) is 0.628. The molecule has 1 aliphatic heterocycles. The van der Waals surface area contributed by atoms with Crippen LogP contribution in [0.1, 0.15) is 0 Å². The number of halogens is 1. The van der Waals surface area contributed by atoms with Gasteiger partial charge in [0.15, 0.2) is 6.61 Å². The standard InChI is InChI=1S/C18H19ClN2O4/c19-14-3-5-15(6-4-14)25-13-18(22)21-8-9-23-17(11-21)12-24-16-2-1-7-20-10-16/h1-7,10,17H,8-9,11-13H2. The van der Waals surface area contributed by atoms with Crippen LogP contribution in [0.3, 0.4) is 0 Å². The maximum atomic E-state index is 12.3. The Kier molecular flexibility index (Phi) is 6.09. The van der Waals surface area contributed by atoms with Crippen LogP contribution >= 0.6 is 11.6 Å². The van der Waals surface area contributed by atoms with E-state index in [-0.39, 0.29) is 18.6 Å². The third-order valence-corrected chi connectivity index (χ3v) is 3.99. The van der Waals surface area contributed by atoms with E-state index in [1.54, 1.807) is 47.6 Å². The second-order valence-electron chi connectivity index (χ2n) is 5.57. The first kappa shape index (κ1) is 17.5. The van der Waals surface area contributed by atoms with Gasteiger partial charge in [-0.25, -0.2) is 0 Å². The number of aromatic nitrogens is 1. The SMILES string of the molecule is O=C(COc1ccc(Cl)cc1)N1CCOC(COc2cccnc2)C1. The number of morpholine rings is 1. The average molecular weight is 363 g/mol. The van der Waals surface area contributed by atoms with Crippen molar-refractivity contribution in [1.29, 1.82) is 0 Å². The molecule has 132 valence electrons. The molecule has 6 nitrogen and oxygen atoms in total. The van der Waals surface area contributed by atoms with Crippen molar-refractivity contribution < 1.29 is 19.0 Å². The number of hydrogen-bond acceptors (Lipinski definition) is 5. The van der Waals surface area contributed by atoms with Gasteiger partial charge in [-0.1, -0.05) is 11.6 Å². The molecule has 0 aliphatic carbocycles. The molecule has 1 aliphatic rings. The summed E-state index contributed by atoms with van der Waals surface area (Å²) >= 11 is 5.83. The first-order chi connectivity index (χ1) is 12.2. The summed E-state index contributed by atoms with van der Waals surface area (Å²) in [6.07, 6.45) is 3.16. The van der Waals surface area contributed by atoms with Crippen LogP contribution in [-0.2, 0) is 9.53 Å². The third kappa shape index (κ3) is 5.34. The molecule has 0 N–H and O–H groups in total. The van der Waals surface area contributed by atoms with E-state index < -0.39 is 0 Å². The zero-order valence-electron chi connectivity index (χ0n) is 13.6. The Bertz CT molecular complexity index is 681. The quantitative estimate of drug-likeness (QED) is 0.789. The van der Waals surface area contributed by atoms with Gasteiger partial charge in [-0.3, -0.25) is 9.78 Å². The van der Waals surface area contributed by atoms with E-state index in [9.17, 15) is 4.79 Å². The molecular formula is C18H19ClN2O4. The van der Waals surface area contributed by atoms with E-state index >= 15 is 0 Å². The summed E-state index contributed by atoms with van der Waals surface area (Å²) in [5.41, 5.74) is 0. The van der Waals surface area contributed by atoms with E-state index in [4.69, 9.17) is 25.8 Å². The fraction of sp³-hybridized carbons (Fsp3) is 0.333. The fourth-order valence-electron chi connectivity index (χ4n) is 2.44. The van der Waals surface area contributed by atoms with E-state index in [0.29, 0.717) is 42.8 Å². The molecule has 1 amide bonds. The van der Waals surface area contributed by atoms with Crippen molar-refractivity contribution in [3.8, 4) is 11.5 Å². The van der Waals surface area contributed by atoms with Crippen LogP contribution in [-0.4, -0.2) is 54.8 Å². The molecule has 25 heavy (non-hydrogen) atoms. The summed E-state index contributed by atoms with van der Waals surface area (Å²) in [5.74, 6) is 1.22. The number of ether oxygens (including phenoxy) is 3. The van der Waals surface area contributed by atoms with Gasteiger partial charge in [-0.05, 0) is 36.4 Å². The first-order valence-corrected chi connectivity index (χ1v) is 8.39. The van der Waals surface area contributed by atoms with Crippen molar-refractivity contribution in [1.82, 2.24) is 9.88 Å². The molecule has 2 aromatic rings. The van der Waals surface area contributed by atoms with E-state index in [2.05, 4.69) is 4.98 Å². The van der Waals surface area contributed by atoms with Crippen LogP contribution in [0.15, 0.2) is 48.8 Å².